The molecule has 0 amide bonds. The first-order valence-electron chi connectivity index (χ1n) is 5.96. The van der Waals surface area contributed by atoms with Crippen LogP contribution in [0.15, 0.2) is 40.9 Å². The largest absolute Gasteiger partial charge is 0.372 e. The molecule has 0 spiro atoms. The van der Waals surface area contributed by atoms with Gasteiger partial charge in [-0.3, -0.25) is 0 Å². The molecule has 0 heterocycles. The minimum absolute atomic E-state index is 0.635. The Kier molecular flexibility index (Phi) is 4.77. The molecule has 1 fully saturated rings. The smallest absolute Gasteiger partial charge is 0.0721 e. The number of hydrogen-bond acceptors (Lipinski definition) is 2. The maximum Gasteiger partial charge on any atom is 0.0721 e. The van der Waals surface area contributed by atoms with Crippen molar-refractivity contribution in [2.24, 2.45) is 0 Å². The Bertz CT molecular complexity index is 370. The Labute approximate surface area is 111 Å². The molecule has 0 bridgehead atoms. The number of halogens is 1. The molecule has 1 N–H and O–H groups in total. The van der Waals surface area contributed by atoms with E-state index >= 15 is 0 Å². The first kappa shape index (κ1) is 12.8. The standard InChI is InChI=1S/C14H18BrNO/c1-11(8-16-14-6-7-14)9-17-10-12-2-4-13(15)5-3-12/h2-5,14,16H,1,6-10H2. The summed E-state index contributed by atoms with van der Waals surface area (Å²) in [6.07, 6.45) is 2.63. The van der Waals surface area contributed by atoms with E-state index in [4.69, 9.17) is 4.74 Å². The SMILES string of the molecule is C=C(CNC1CC1)COCc1ccc(Br)cc1. The average molecular weight is 296 g/mol. The van der Waals surface area contributed by atoms with Crippen LogP contribution < -0.4 is 5.32 Å². The third-order valence-corrected chi connectivity index (χ3v) is 3.23. The summed E-state index contributed by atoms with van der Waals surface area (Å²) >= 11 is 3.41. The molecule has 17 heavy (non-hydrogen) atoms. The zero-order valence-corrected chi connectivity index (χ0v) is 11.5. The fraction of sp³-hybridized carbons (Fsp3) is 0.429. The minimum atomic E-state index is 0.635. The lowest BCUT2D eigenvalue weighted by Gasteiger charge is -2.08. The van der Waals surface area contributed by atoms with Gasteiger partial charge in [-0.05, 0) is 36.1 Å². The molecule has 1 aromatic rings. The summed E-state index contributed by atoms with van der Waals surface area (Å²) in [6.45, 7) is 6.17. The molecule has 1 aromatic carbocycles. The third-order valence-electron chi connectivity index (χ3n) is 2.71. The molecule has 3 heteroatoms. The monoisotopic (exact) mass is 295 g/mol. The van der Waals surface area contributed by atoms with Crippen LogP contribution in [0.25, 0.3) is 0 Å². The second-order valence-electron chi connectivity index (χ2n) is 4.52. The van der Waals surface area contributed by atoms with Crippen LogP contribution in [0.3, 0.4) is 0 Å². The number of benzene rings is 1. The van der Waals surface area contributed by atoms with Gasteiger partial charge < -0.3 is 10.1 Å². The molecular weight excluding hydrogens is 278 g/mol. The zero-order chi connectivity index (χ0) is 12.1. The maximum absolute atomic E-state index is 5.62. The van der Waals surface area contributed by atoms with E-state index < -0.39 is 0 Å². The van der Waals surface area contributed by atoms with Crippen molar-refractivity contribution < 1.29 is 4.74 Å². The van der Waals surface area contributed by atoms with Crippen LogP contribution in [0.2, 0.25) is 0 Å². The third kappa shape index (κ3) is 5.02. The summed E-state index contributed by atoms with van der Waals surface area (Å²) in [4.78, 5) is 0. The van der Waals surface area contributed by atoms with Gasteiger partial charge in [0, 0.05) is 17.1 Å². The van der Waals surface area contributed by atoms with Crippen molar-refractivity contribution in [2.45, 2.75) is 25.5 Å². The van der Waals surface area contributed by atoms with Gasteiger partial charge in [-0.1, -0.05) is 34.6 Å². The van der Waals surface area contributed by atoms with E-state index in [1.807, 2.05) is 12.1 Å². The second kappa shape index (κ2) is 6.34. The van der Waals surface area contributed by atoms with E-state index in [1.165, 1.54) is 18.4 Å². The quantitative estimate of drug-likeness (QED) is 0.780. The molecule has 0 unspecified atom stereocenters. The molecule has 0 aliphatic heterocycles. The van der Waals surface area contributed by atoms with E-state index in [0.29, 0.717) is 13.2 Å². The van der Waals surface area contributed by atoms with Gasteiger partial charge in [0.25, 0.3) is 0 Å². The molecule has 0 saturated heterocycles. The summed E-state index contributed by atoms with van der Waals surface area (Å²) in [7, 11) is 0. The van der Waals surface area contributed by atoms with Crippen molar-refractivity contribution >= 4 is 15.9 Å². The lowest BCUT2D eigenvalue weighted by Crippen LogP contribution is -2.20. The van der Waals surface area contributed by atoms with Crippen molar-refractivity contribution in [1.82, 2.24) is 5.32 Å². The van der Waals surface area contributed by atoms with Crippen molar-refractivity contribution in [1.29, 1.82) is 0 Å². The summed E-state index contributed by atoms with van der Waals surface area (Å²) in [5.74, 6) is 0. The Morgan fingerprint density at radius 1 is 1.35 bits per heavy atom. The highest BCUT2D eigenvalue weighted by Gasteiger charge is 2.19. The molecule has 2 rings (SSSR count). The average Bonchev–Trinajstić information content (AvgIpc) is 3.13. The fourth-order valence-electron chi connectivity index (χ4n) is 1.52. The summed E-state index contributed by atoms with van der Waals surface area (Å²) in [6, 6.07) is 8.92. The normalized spacial score (nSPS) is 14.9. The van der Waals surface area contributed by atoms with E-state index in [1.54, 1.807) is 0 Å². The van der Waals surface area contributed by atoms with Crippen LogP contribution in [0.1, 0.15) is 18.4 Å². The van der Waals surface area contributed by atoms with Crippen LogP contribution in [0, 0.1) is 0 Å². The van der Waals surface area contributed by atoms with Crippen LogP contribution in [-0.4, -0.2) is 19.2 Å². The van der Waals surface area contributed by atoms with E-state index in [2.05, 4.69) is 40.0 Å². The topological polar surface area (TPSA) is 21.3 Å². The molecule has 92 valence electrons. The lowest BCUT2D eigenvalue weighted by atomic mass is 10.2. The summed E-state index contributed by atoms with van der Waals surface area (Å²) < 4.78 is 6.72. The van der Waals surface area contributed by atoms with Gasteiger partial charge in [-0.15, -0.1) is 0 Å². The number of hydrogen-bond donors (Lipinski definition) is 1. The van der Waals surface area contributed by atoms with Gasteiger partial charge in [-0.25, -0.2) is 0 Å². The fourth-order valence-corrected chi connectivity index (χ4v) is 1.79. The van der Waals surface area contributed by atoms with Gasteiger partial charge in [0.05, 0.1) is 13.2 Å². The Hall–Kier alpha value is -0.640. The maximum atomic E-state index is 5.62. The van der Waals surface area contributed by atoms with Crippen molar-refractivity contribution in [3.8, 4) is 0 Å². The van der Waals surface area contributed by atoms with Crippen LogP contribution in [-0.2, 0) is 11.3 Å². The molecular formula is C14H18BrNO. The van der Waals surface area contributed by atoms with Gasteiger partial charge in [0.15, 0.2) is 0 Å². The van der Waals surface area contributed by atoms with Gasteiger partial charge in [0.2, 0.25) is 0 Å². The van der Waals surface area contributed by atoms with Crippen molar-refractivity contribution in [3.05, 3.63) is 46.5 Å². The molecule has 1 aliphatic rings. The molecule has 0 atom stereocenters. The predicted molar refractivity (Wildman–Crippen MR) is 74.0 cm³/mol. The summed E-state index contributed by atoms with van der Waals surface area (Å²) in [5.41, 5.74) is 2.31. The van der Waals surface area contributed by atoms with Gasteiger partial charge in [0.1, 0.15) is 0 Å². The van der Waals surface area contributed by atoms with Crippen LogP contribution >= 0.6 is 15.9 Å². The van der Waals surface area contributed by atoms with Gasteiger partial charge in [-0.2, -0.15) is 0 Å². The highest BCUT2D eigenvalue weighted by Crippen LogP contribution is 2.18. The molecule has 1 saturated carbocycles. The second-order valence-corrected chi connectivity index (χ2v) is 5.44. The van der Waals surface area contributed by atoms with E-state index in [-0.39, 0.29) is 0 Å². The first-order valence-corrected chi connectivity index (χ1v) is 6.75. The molecule has 0 aromatic heterocycles. The first-order chi connectivity index (χ1) is 8.24. The van der Waals surface area contributed by atoms with Crippen LogP contribution in [0.5, 0.6) is 0 Å². The molecule has 0 radical (unpaired) electrons. The minimum Gasteiger partial charge on any atom is -0.372 e. The highest BCUT2D eigenvalue weighted by atomic mass is 79.9. The van der Waals surface area contributed by atoms with Gasteiger partial charge >= 0.3 is 0 Å². The number of rotatable bonds is 7. The lowest BCUT2D eigenvalue weighted by molar-refractivity contribution is 0.141. The molecule has 1 aliphatic carbocycles. The Morgan fingerprint density at radius 2 is 2.06 bits per heavy atom. The summed E-state index contributed by atoms with van der Waals surface area (Å²) in [5, 5.41) is 3.43. The molecule has 2 nitrogen and oxygen atoms in total. The van der Waals surface area contributed by atoms with Crippen molar-refractivity contribution in [3.63, 3.8) is 0 Å². The highest BCUT2D eigenvalue weighted by molar-refractivity contribution is 9.10. The number of nitrogens with one attached hydrogen (secondary N) is 1. The van der Waals surface area contributed by atoms with E-state index in [0.717, 1.165) is 22.6 Å². The number of ether oxygens (including phenoxy) is 1. The van der Waals surface area contributed by atoms with Crippen LogP contribution in [0.4, 0.5) is 0 Å². The van der Waals surface area contributed by atoms with Crippen molar-refractivity contribution in [2.75, 3.05) is 13.2 Å². The Morgan fingerprint density at radius 3 is 2.71 bits per heavy atom. The predicted octanol–water partition coefficient (Wildman–Crippen LogP) is 3.27. The zero-order valence-electron chi connectivity index (χ0n) is 9.92. The van der Waals surface area contributed by atoms with E-state index in [9.17, 15) is 0 Å². The Balaban J connectivity index is 1.61.